The maximum atomic E-state index is 11.8. The third-order valence-electron chi connectivity index (χ3n) is 3.32. The molecule has 18 heavy (non-hydrogen) atoms. The Labute approximate surface area is 104 Å². The van der Waals surface area contributed by atoms with Gasteiger partial charge in [-0.1, -0.05) is 0 Å². The lowest BCUT2D eigenvalue weighted by Crippen LogP contribution is -2.26. The van der Waals surface area contributed by atoms with E-state index in [9.17, 15) is 14.9 Å². The smallest absolute Gasteiger partial charge is 0.273 e. The highest BCUT2D eigenvalue weighted by Crippen LogP contribution is 2.40. The van der Waals surface area contributed by atoms with Crippen LogP contribution in [0.25, 0.3) is 0 Å². The number of anilines is 1. The molecular formula is C12H15N3O3. The first-order chi connectivity index (χ1) is 8.37. The molecule has 1 aromatic rings. The van der Waals surface area contributed by atoms with Crippen LogP contribution < -0.4 is 11.1 Å². The van der Waals surface area contributed by atoms with Crippen molar-refractivity contribution in [1.29, 1.82) is 0 Å². The van der Waals surface area contributed by atoms with Crippen molar-refractivity contribution in [2.45, 2.75) is 25.7 Å². The van der Waals surface area contributed by atoms with Gasteiger partial charge in [0.1, 0.15) is 0 Å². The van der Waals surface area contributed by atoms with Gasteiger partial charge in [0.15, 0.2) is 0 Å². The Bertz CT molecular complexity index is 538. The van der Waals surface area contributed by atoms with Gasteiger partial charge in [-0.25, -0.2) is 0 Å². The van der Waals surface area contributed by atoms with Gasteiger partial charge in [0.05, 0.1) is 10.3 Å². The van der Waals surface area contributed by atoms with Gasteiger partial charge in [-0.15, -0.1) is 0 Å². The molecule has 6 nitrogen and oxygen atoms in total. The molecule has 0 bridgehead atoms. The minimum absolute atomic E-state index is 0.0313. The fraction of sp³-hybridized carbons (Fsp3) is 0.417. The van der Waals surface area contributed by atoms with Crippen molar-refractivity contribution >= 4 is 17.3 Å². The molecule has 1 heterocycles. The van der Waals surface area contributed by atoms with Crippen LogP contribution in [0.4, 0.5) is 11.4 Å². The Morgan fingerprint density at radius 1 is 1.44 bits per heavy atom. The van der Waals surface area contributed by atoms with Crippen LogP contribution in [0, 0.1) is 10.1 Å². The molecule has 0 radical (unpaired) electrons. The summed E-state index contributed by atoms with van der Waals surface area (Å²) >= 11 is 0. The molecule has 2 rings (SSSR count). The van der Waals surface area contributed by atoms with E-state index in [2.05, 4.69) is 5.32 Å². The molecule has 0 saturated carbocycles. The van der Waals surface area contributed by atoms with E-state index < -0.39 is 10.3 Å². The predicted molar refractivity (Wildman–Crippen MR) is 67.5 cm³/mol. The number of nitro benzene ring substituents is 1. The minimum atomic E-state index is -0.735. The topological polar surface area (TPSA) is 98.3 Å². The number of rotatable bonds is 3. The fourth-order valence-electron chi connectivity index (χ4n) is 2.18. The van der Waals surface area contributed by atoms with E-state index in [1.807, 2.05) is 0 Å². The number of amides is 1. The molecule has 0 saturated heterocycles. The number of hydrogen-bond donors (Lipinski definition) is 2. The van der Waals surface area contributed by atoms with Crippen LogP contribution in [-0.2, 0) is 16.6 Å². The number of nitrogens with one attached hydrogen (secondary N) is 1. The van der Waals surface area contributed by atoms with Gasteiger partial charge in [0.2, 0.25) is 5.91 Å². The lowest BCUT2D eigenvalue weighted by Gasteiger charge is -2.15. The zero-order chi connectivity index (χ0) is 13.5. The maximum Gasteiger partial charge on any atom is 0.273 e. The first-order valence-corrected chi connectivity index (χ1v) is 5.71. The monoisotopic (exact) mass is 249 g/mol. The maximum absolute atomic E-state index is 11.8. The van der Waals surface area contributed by atoms with E-state index in [1.165, 1.54) is 6.07 Å². The largest absolute Gasteiger partial charge is 0.330 e. The molecule has 0 unspecified atom stereocenters. The zero-order valence-electron chi connectivity index (χ0n) is 10.3. The number of carbonyl (C=O) groups excluding carboxylic acids is 1. The Kier molecular flexibility index (Phi) is 2.82. The summed E-state index contributed by atoms with van der Waals surface area (Å²) in [7, 11) is 0. The average molecular weight is 249 g/mol. The number of nitro groups is 1. The van der Waals surface area contributed by atoms with Crippen LogP contribution in [0.1, 0.15) is 25.0 Å². The van der Waals surface area contributed by atoms with Crippen molar-refractivity contribution in [3.63, 3.8) is 0 Å². The van der Waals surface area contributed by atoms with Crippen LogP contribution in [0.3, 0.4) is 0 Å². The molecule has 3 N–H and O–H groups in total. The van der Waals surface area contributed by atoms with Crippen molar-refractivity contribution in [1.82, 2.24) is 0 Å². The molecule has 1 amide bonds. The number of benzene rings is 1. The van der Waals surface area contributed by atoms with E-state index in [0.717, 1.165) is 0 Å². The quantitative estimate of drug-likeness (QED) is 0.623. The summed E-state index contributed by atoms with van der Waals surface area (Å²) in [5.74, 6) is -0.142. The van der Waals surface area contributed by atoms with Gasteiger partial charge in [-0.2, -0.15) is 0 Å². The Morgan fingerprint density at radius 2 is 2.11 bits per heavy atom. The number of carbonyl (C=O) groups is 1. The third-order valence-corrected chi connectivity index (χ3v) is 3.32. The van der Waals surface area contributed by atoms with Crippen LogP contribution in [-0.4, -0.2) is 17.4 Å². The number of fused-ring (bicyclic) bond motifs is 1. The Balaban J connectivity index is 2.61. The summed E-state index contributed by atoms with van der Waals surface area (Å²) < 4.78 is 0. The lowest BCUT2D eigenvalue weighted by molar-refractivity contribution is -0.385. The van der Waals surface area contributed by atoms with E-state index in [1.54, 1.807) is 19.9 Å². The van der Waals surface area contributed by atoms with Gasteiger partial charge in [0, 0.05) is 17.3 Å². The van der Waals surface area contributed by atoms with Crippen molar-refractivity contribution in [2.24, 2.45) is 5.73 Å². The van der Waals surface area contributed by atoms with Crippen molar-refractivity contribution in [3.8, 4) is 0 Å². The van der Waals surface area contributed by atoms with Crippen LogP contribution in [0.5, 0.6) is 0 Å². The van der Waals surface area contributed by atoms with Crippen LogP contribution >= 0.6 is 0 Å². The second-order valence-electron chi connectivity index (χ2n) is 4.90. The predicted octanol–water partition coefficient (Wildman–Crippen LogP) is 1.33. The highest BCUT2D eigenvalue weighted by Gasteiger charge is 2.40. The van der Waals surface area contributed by atoms with Crippen molar-refractivity contribution in [3.05, 3.63) is 33.4 Å². The molecule has 1 aliphatic heterocycles. The SMILES string of the molecule is CC1(C)C(=O)Nc2cc(CCN)c([N+](=O)[O-])cc21. The van der Waals surface area contributed by atoms with Gasteiger partial charge < -0.3 is 11.1 Å². The van der Waals surface area contributed by atoms with Gasteiger partial charge >= 0.3 is 0 Å². The van der Waals surface area contributed by atoms with E-state index >= 15 is 0 Å². The molecule has 96 valence electrons. The first-order valence-electron chi connectivity index (χ1n) is 5.71. The first kappa shape index (κ1) is 12.5. The summed E-state index contributed by atoms with van der Waals surface area (Å²) in [4.78, 5) is 22.4. The third kappa shape index (κ3) is 1.74. The standard InChI is InChI=1S/C12H15N3O3/c1-12(2)8-6-10(15(17)18)7(3-4-13)5-9(8)14-11(12)16/h5-6H,3-4,13H2,1-2H3,(H,14,16). The second-order valence-corrected chi connectivity index (χ2v) is 4.90. The average Bonchev–Trinajstić information content (AvgIpc) is 2.49. The van der Waals surface area contributed by atoms with Crippen molar-refractivity contribution in [2.75, 3.05) is 11.9 Å². The molecule has 0 aliphatic carbocycles. The molecule has 0 atom stereocenters. The van der Waals surface area contributed by atoms with E-state index in [4.69, 9.17) is 5.73 Å². The number of nitrogens with zero attached hydrogens (tertiary/aromatic N) is 1. The van der Waals surface area contributed by atoms with Crippen molar-refractivity contribution < 1.29 is 9.72 Å². The summed E-state index contributed by atoms with van der Waals surface area (Å²) in [6, 6.07) is 3.14. The Morgan fingerprint density at radius 3 is 2.67 bits per heavy atom. The molecule has 6 heteroatoms. The molecular weight excluding hydrogens is 234 g/mol. The molecule has 0 fully saturated rings. The highest BCUT2D eigenvalue weighted by atomic mass is 16.6. The molecule has 1 aliphatic rings. The summed E-state index contributed by atoms with van der Waals surface area (Å²) in [6.07, 6.45) is 0.417. The Hall–Kier alpha value is -1.95. The van der Waals surface area contributed by atoms with Gasteiger partial charge in [-0.05, 0) is 38.4 Å². The second kappa shape index (κ2) is 4.06. The zero-order valence-corrected chi connectivity index (χ0v) is 10.3. The number of hydrogen-bond acceptors (Lipinski definition) is 4. The van der Waals surface area contributed by atoms with Gasteiger partial charge in [-0.3, -0.25) is 14.9 Å². The van der Waals surface area contributed by atoms with Crippen LogP contribution in [0.15, 0.2) is 12.1 Å². The molecule has 0 spiro atoms. The van der Waals surface area contributed by atoms with E-state index in [0.29, 0.717) is 29.8 Å². The number of nitrogens with two attached hydrogens (primary N) is 1. The summed E-state index contributed by atoms with van der Waals surface area (Å²) in [5.41, 5.74) is 6.62. The highest BCUT2D eigenvalue weighted by molar-refractivity contribution is 6.06. The normalized spacial score (nSPS) is 16.3. The van der Waals surface area contributed by atoms with Crippen LogP contribution in [0.2, 0.25) is 0 Å². The molecule has 1 aromatic carbocycles. The molecule has 0 aromatic heterocycles. The summed E-state index contributed by atoms with van der Waals surface area (Å²) in [6.45, 7) is 3.83. The van der Waals surface area contributed by atoms with Gasteiger partial charge in [0.25, 0.3) is 5.69 Å². The van der Waals surface area contributed by atoms with E-state index in [-0.39, 0.29) is 11.6 Å². The fourth-order valence-corrected chi connectivity index (χ4v) is 2.18. The summed E-state index contributed by atoms with van der Waals surface area (Å²) in [5, 5.41) is 13.8. The minimum Gasteiger partial charge on any atom is -0.330 e. The lowest BCUT2D eigenvalue weighted by atomic mass is 9.85.